The molecule has 68 valence electrons. The van der Waals surface area contributed by atoms with Gasteiger partial charge in [-0.05, 0) is 13.8 Å². The summed E-state index contributed by atoms with van der Waals surface area (Å²) in [6.45, 7) is 3.52. The first kappa shape index (κ1) is 14.5. The van der Waals surface area contributed by atoms with E-state index in [2.05, 4.69) is 5.28 Å². The van der Waals surface area contributed by atoms with Crippen molar-refractivity contribution >= 4 is 0 Å². The molecule has 0 saturated carbocycles. The van der Waals surface area contributed by atoms with E-state index in [0.717, 1.165) is 0 Å². The topological polar surface area (TPSA) is 82.1 Å². The molecule has 0 rings (SSSR count). The second-order valence-corrected chi connectivity index (χ2v) is 2.32. The standard InChI is InChI=1S/C5H13N3O3.Na.H/c1-5(2)7(3-4-9)8(11)6-10;;/h5,9-10H,3-4H2,1-2H3;;/q;+1;-1/b8-6+;;. The molecule has 0 radical (unpaired) electrons. The maximum atomic E-state index is 10.7. The van der Waals surface area contributed by atoms with Crippen LogP contribution in [0.1, 0.15) is 15.3 Å². The molecule has 0 saturated heterocycles. The molecule has 0 aliphatic heterocycles. The predicted molar refractivity (Wildman–Crippen MR) is 37.9 cm³/mol. The smallest absolute Gasteiger partial charge is 1.00 e. The van der Waals surface area contributed by atoms with Gasteiger partial charge < -0.3 is 16.9 Å². The third-order valence-corrected chi connectivity index (χ3v) is 1.22. The third kappa shape index (κ3) is 4.76. The summed E-state index contributed by atoms with van der Waals surface area (Å²) >= 11 is 0. The van der Waals surface area contributed by atoms with Gasteiger partial charge in [-0.2, -0.15) is 0 Å². The Labute approximate surface area is 94.8 Å². The molecule has 0 heterocycles. The van der Waals surface area contributed by atoms with Gasteiger partial charge in [-0.15, -0.1) is 5.01 Å². The van der Waals surface area contributed by atoms with Crippen LogP contribution < -0.4 is 29.6 Å². The van der Waals surface area contributed by atoms with Crippen molar-refractivity contribution in [3.8, 4) is 0 Å². The van der Waals surface area contributed by atoms with Gasteiger partial charge in [0.15, 0.2) is 0 Å². The monoisotopic (exact) mass is 187 g/mol. The van der Waals surface area contributed by atoms with E-state index in [1.54, 1.807) is 13.8 Å². The summed E-state index contributed by atoms with van der Waals surface area (Å²) in [7, 11) is 0. The van der Waals surface area contributed by atoms with E-state index < -0.39 is 0 Å². The number of aliphatic hydroxyl groups excluding tert-OH is 1. The third-order valence-electron chi connectivity index (χ3n) is 1.22. The van der Waals surface area contributed by atoms with Crippen LogP contribution in [0, 0.1) is 5.21 Å². The van der Waals surface area contributed by atoms with E-state index in [4.69, 9.17) is 10.3 Å². The largest absolute Gasteiger partial charge is 1.00 e. The SMILES string of the molecule is CC(C)N(CCO)/[N+]([O-])=N\O.[H-].[Na+]. The molecule has 0 aromatic carbocycles. The van der Waals surface area contributed by atoms with Crippen LogP contribution in [-0.4, -0.2) is 39.5 Å². The molecular formula is C5H14N3NaO3. The summed E-state index contributed by atoms with van der Waals surface area (Å²) < 4.78 is 0. The van der Waals surface area contributed by atoms with Gasteiger partial charge in [0.2, 0.25) is 5.28 Å². The molecule has 7 heteroatoms. The second-order valence-electron chi connectivity index (χ2n) is 2.32. The van der Waals surface area contributed by atoms with Gasteiger partial charge in [0.1, 0.15) is 6.54 Å². The summed E-state index contributed by atoms with van der Waals surface area (Å²) in [5.74, 6) is 0. The van der Waals surface area contributed by atoms with Crippen molar-refractivity contribution in [2.45, 2.75) is 19.9 Å². The fraction of sp³-hybridized carbons (Fsp3) is 1.00. The van der Waals surface area contributed by atoms with E-state index in [1.807, 2.05) is 0 Å². The molecule has 0 atom stereocenters. The zero-order valence-corrected chi connectivity index (χ0v) is 9.64. The maximum Gasteiger partial charge on any atom is 1.00 e. The van der Waals surface area contributed by atoms with Gasteiger partial charge in [-0.25, -0.2) is 0 Å². The first-order valence-electron chi connectivity index (χ1n) is 3.33. The Hall–Kier alpha value is -0.0400. The van der Waals surface area contributed by atoms with Crippen molar-refractivity contribution in [2.75, 3.05) is 13.2 Å². The molecule has 0 unspecified atom stereocenters. The Morgan fingerprint density at radius 3 is 2.42 bits per heavy atom. The Morgan fingerprint density at radius 1 is 1.67 bits per heavy atom. The van der Waals surface area contributed by atoms with Crippen LogP contribution in [-0.2, 0) is 0 Å². The molecule has 12 heavy (non-hydrogen) atoms. The Kier molecular flexibility index (Phi) is 9.17. The van der Waals surface area contributed by atoms with Crippen molar-refractivity contribution in [2.24, 2.45) is 5.28 Å². The molecular weight excluding hydrogens is 173 g/mol. The van der Waals surface area contributed by atoms with Crippen LogP contribution in [0.15, 0.2) is 5.28 Å². The molecule has 0 bridgehead atoms. The van der Waals surface area contributed by atoms with Crippen molar-refractivity contribution in [3.63, 3.8) is 0 Å². The summed E-state index contributed by atoms with van der Waals surface area (Å²) in [5, 5.41) is 30.9. The average Bonchev–Trinajstić information content (AvgIpc) is 1.98. The van der Waals surface area contributed by atoms with E-state index in [1.165, 1.54) is 5.01 Å². The van der Waals surface area contributed by atoms with Gasteiger partial charge in [-0.1, -0.05) is 0 Å². The summed E-state index contributed by atoms with van der Waals surface area (Å²) in [4.78, 5) is 0.0564. The summed E-state index contributed by atoms with van der Waals surface area (Å²) in [6.07, 6.45) is 0. The van der Waals surface area contributed by atoms with Crippen molar-refractivity contribution in [1.82, 2.24) is 5.01 Å². The minimum absolute atomic E-state index is 0. The Bertz CT molecular complexity index is 147. The van der Waals surface area contributed by atoms with E-state index >= 15 is 0 Å². The van der Waals surface area contributed by atoms with Crippen LogP contribution in [0.4, 0.5) is 0 Å². The fourth-order valence-electron chi connectivity index (χ4n) is 0.695. The number of aliphatic hydroxyl groups is 1. The minimum Gasteiger partial charge on any atom is -1.00 e. The molecule has 0 aromatic heterocycles. The van der Waals surface area contributed by atoms with Crippen LogP contribution in [0.25, 0.3) is 0 Å². The zero-order chi connectivity index (χ0) is 8.85. The molecule has 0 aliphatic rings. The fourth-order valence-corrected chi connectivity index (χ4v) is 0.695. The molecule has 0 fully saturated rings. The maximum absolute atomic E-state index is 10.7. The number of rotatable bonds is 4. The van der Waals surface area contributed by atoms with Gasteiger partial charge >= 0.3 is 29.6 Å². The van der Waals surface area contributed by atoms with Crippen LogP contribution in [0.5, 0.6) is 0 Å². The summed E-state index contributed by atoms with van der Waals surface area (Å²) in [6, 6.07) is -0.101. The number of nitrogens with zero attached hydrogens (tertiary/aromatic N) is 3. The normalized spacial score (nSPS) is 11.2. The second kappa shape index (κ2) is 7.60. The van der Waals surface area contributed by atoms with Gasteiger partial charge in [0, 0.05) is 0 Å². The first-order valence-corrected chi connectivity index (χ1v) is 3.33. The molecule has 0 aliphatic carbocycles. The molecule has 6 nitrogen and oxygen atoms in total. The van der Waals surface area contributed by atoms with Crippen molar-refractivity contribution in [3.05, 3.63) is 5.21 Å². The van der Waals surface area contributed by atoms with Gasteiger partial charge in [-0.3, -0.25) is 0 Å². The molecule has 0 aromatic rings. The first-order chi connectivity index (χ1) is 5.13. The van der Waals surface area contributed by atoms with Gasteiger partial charge in [0.05, 0.1) is 17.6 Å². The zero-order valence-electron chi connectivity index (χ0n) is 8.64. The van der Waals surface area contributed by atoms with E-state index in [9.17, 15) is 5.21 Å². The van der Waals surface area contributed by atoms with Crippen molar-refractivity contribution in [1.29, 1.82) is 0 Å². The molecule has 0 spiro atoms. The van der Waals surface area contributed by atoms with Crippen LogP contribution in [0.2, 0.25) is 0 Å². The average molecular weight is 187 g/mol. The molecule has 0 amide bonds. The predicted octanol–water partition coefficient (Wildman–Crippen LogP) is -2.93. The van der Waals surface area contributed by atoms with Crippen molar-refractivity contribution < 1.29 is 46.3 Å². The summed E-state index contributed by atoms with van der Waals surface area (Å²) in [5.41, 5.74) is 0. The van der Waals surface area contributed by atoms with Crippen LogP contribution >= 0.6 is 0 Å². The van der Waals surface area contributed by atoms with E-state index in [0.29, 0.717) is 0 Å². The quantitative estimate of drug-likeness (QED) is 0.214. The Balaban J connectivity index is -0.000000500. The number of hydrazine groups is 1. The minimum atomic E-state index is -0.146. The van der Waals surface area contributed by atoms with E-state index in [-0.39, 0.29) is 55.1 Å². The van der Waals surface area contributed by atoms with Crippen LogP contribution in [0.3, 0.4) is 0 Å². The molecule has 2 N–H and O–H groups in total. The van der Waals surface area contributed by atoms with Gasteiger partial charge in [0.25, 0.3) is 0 Å². The number of hydrogen-bond acceptors (Lipinski definition) is 3. The number of hydrogen-bond donors (Lipinski definition) is 2. The Morgan fingerprint density at radius 2 is 2.17 bits per heavy atom.